The summed E-state index contributed by atoms with van der Waals surface area (Å²) in [7, 11) is 0. The number of anilines is 2. The number of amides is 2. The number of hydrogen-bond acceptors (Lipinski definition) is 6. The molecule has 1 aliphatic rings. The number of carbonyl (C=O) groups excluding carboxylic acids is 2. The van der Waals surface area contributed by atoms with Crippen molar-refractivity contribution in [2.45, 2.75) is 17.1 Å². The van der Waals surface area contributed by atoms with Crippen LogP contribution in [-0.4, -0.2) is 28.6 Å². The predicted molar refractivity (Wildman–Crippen MR) is 116 cm³/mol. The summed E-state index contributed by atoms with van der Waals surface area (Å²) >= 11 is 8.92. The molecule has 0 aliphatic carbocycles. The molecule has 148 valence electrons. The monoisotopic (exact) mass is 444 g/mol. The Labute approximate surface area is 181 Å². The van der Waals surface area contributed by atoms with Crippen LogP contribution >= 0.6 is 34.7 Å². The van der Waals surface area contributed by atoms with Gasteiger partial charge in [-0.1, -0.05) is 41.1 Å². The Morgan fingerprint density at radius 3 is 2.69 bits per heavy atom. The molecule has 0 bridgehead atoms. The summed E-state index contributed by atoms with van der Waals surface area (Å²) in [5.74, 6) is -0.0359. The smallest absolute Gasteiger partial charge is 0.231 e. The minimum atomic E-state index is -0.427. The van der Waals surface area contributed by atoms with Crippen molar-refractivity contribution in [3.63, 3.8) is 0 Å². The van der Waals surface area contributed by atoms with Gasteiger partial charge >= 0.3 is 0 Å². The fraction of sp³-hybridized carbons (Fsp3) is 0.200. The summed E-state index contributed by atoms with van der Waals surface area (Å²) in [6.07, 6.45) is 0.171. The van der Waals surface area contributed by atoms with Gasteiger partial charge in [0, 0.05) is 28.6 Å². The highest BCUT2D eigenvalue weighted by atomic mass is 35.5. The van der Waals surface area contributed by atoms with Crippen molar-refractivity contribution in [1.29, 1.82) is 0 Å². The van der Waals surface area contributed by atoms with E-state index >= 15 is 0 Å². The van der Waals surface area contributed by atoms with Crippen LogP contribution in [0.3, 0.4) is 0 Å². The zero-order valence-electron chi connectivity index (χ0n) is 15.2. The lowest BCUT2D eigenvalue weighted by Gasteiger charge is -2.16. The molecule has 2 aromatic carbocycles. The first kappa shape index (κ1) is 19.9. The highest BCUT2D eigenvalue weighted by molar-refractivity contribution is 7.98. The Morgan fingerprint density at radius 2 is 1.93 bits per heavy atom. The van der Waals surface area contributed by atoms with Crippen LogP contribution in [0.2, 0.25) is 5.02 Å². The van der Waals surface area contributed by atoms with Gasteiger partial charge in [-0.3, -0.25) is 9.59 Å². The number of rotatable bonds is 6. The summed E-state index contributed by atoms with van der Waals surface area (Å²) in [5.41, 5.74) is 0.742. The fourth-order valence-corrected chi connectivity index (χ4v) is 4.76. The van der Waals surface area contributed by atoms with Gasteiger partial charge in [0.15, 0.2) is 0 Å². The number of aromatic nitrogens is 2. The second kappa shape index (κ2) is 8.94. The number of halogens is 1. The number of hydrogen-bond donors (Lipinski definition) is 1. The minimum absolute atomic E-state index is 0.0790. The topological polar surface area (TPSA) is 75.2 Å². The van der Waals surface area contributed by atoms with Crippen LogP contribution in [0, 0.1) is 5.92 Å². The van der Waals surface area contributed by atoms with Gasteiger partial charge in [0.1, 0.15) is 5.01 Å². The Morgan fingerprint density at radius 1 is 1.17 bits per heavy atom. The zero-order valence-corrected chi connectivity index (χ0v) is 17.6. The average molecular weight is 445 g/mol. The standard InChI is InChI=1S/C20H17ClN4O2S2/c21-14-6-8-15(9-7-14)25-11-13(10-18(25)26)19(27)22-20-24-23-17(29-20)12-28-16-4-2-1-3-5-16/h1-9,13H,10-12H2,(H,22,24,27). The molecule has 1 atom stereocenters. The van der Waals surface area contributed by atoms with Crippen LogP contribution in [0.25, 0.3) is 0 Å². The van der Waals surface area contributed by atoms with E-state index in [9.17, 15) is 9.59 Å². The number of nitrogens with zero attached hydrogens (tertiary/aromatic N) is 3. The first-order chi connectivity index (χ1) is 14.1. The van der Waals surface area contributed by atoms with Crippen LogP contribution in [-0.2, 0) is 15.3 Å². The summed E-state index contributed by atoms with van der Waals surface area (Å²) in [6.45, 7) is 0.335. The maximum absolute atomic E-state index is 12.6. The van der Waals surface area contributed by atoms with Gasteiger partial charge in [-0.05, 0) is 36.4 Å². The molecule has 2 amide bonds. The minimum Gasteiger partial charge on any atom is -0.312 e. The van der Waals surface area contributed by atoms with Crippen LogP contribution < -0.4 is 10.2 Å². The average Bonchev–Trinajstić information content (AvgIpc) is 3.34. The van der Waals surface area contributed by atoms with E-state index in [4.69, 9.17) is 11.6 Å². The number of carbonyl (C=O) groups is 2. The van der Waals surface area contributed by atoms with E-state index in [1.807, 2.05) is 30.3 Å². The molecule has 9 heteroatoms. The molecule has 1 fully saturated rings. The summed E-state index contributed by atoms with van der Waals surface area (Å²) < 4.78 is 0. The van der Waals surface area contributed by atoms with Gasteiger partial charge in [-0.25, -0.2) is 0 Å². The first-order valence-corrected chi connectivity index (χ1v) is 11.1. The number of nitrogens with one attached hydrogen (secondary N) is 1. The first-order valence-electron chi connectivity index (χ1n) is 8.95. The van der Waals surface area contributed by atoms with Crippen molar-refractivity contribution in [3.8, 4) is 0 Å². The van der Waals surface area contributed by atoms with E-state index in [0.29, 0.717) is 22.5 Å². The Hall–Kier alpha value is -2.42. The van der Waals surface area contributed by atoms with Crippen molar-refractivity contribution < 1.29 is 9.59 Å². The molecule has 3 aromatic rings. The fourth-order valence-electron chi connectivity index (χ4n) is 2.99. The van der Waals surface area contributed by atoms with Crippen molar-refractivity contribution in [3.05, 3.63) is 64.6 Å². The molecule has 0 radical (unpaired) electrons. The maximum atomic E-state index is 12.6. The van der Waals surface area contributed by atoms with E-state index in [1.54, 1.807) is 40.9 Å². The molecule has 2 heterocycles. The summed E-state index contributed by atoms with van der Waals surface area (Å²) in [4.78, 5) is 27.7. The quantitative estimate of drug-likeness (QED) is 0.567. The SMILES string of the molecule is O=C(Nc1nnc(CSc2ccccc2)s1)C1CC(=O)N(c2ccc(Cl)cc2)C1. The van der Waals surface area contributed by atoms with E-state index in [-0.39, 0.29) is 18.2 Å². The van der Waals surface area contributed by atoms with E-state index in [2.05, 4.69) is 15.5 Å². The molecule has 6 nitrogen and oxygen atoms in total. The van der Waals surface area contributed by atoms with Gasteiger partial charge in [-0.15, -0.1) is 22.0 Å². The molecule has 0 saturated carbocycles. The molecule has 4 rings (SSSR count). The number of thioether (sulfide) groups is 1. The predicted octanol–water partition coefficient (Wildman–Crippen LogP) is 4.48. The third-order valence-corrected chi connectivity index (χ3v) is 6.73. The molecular formula is C20H17ClN4O2S2. The highest BCUT2D eigenvalue weighted by Crippen LogP contribution is 2.29. The summed E-state index contributed by atoms with van der Waals surface area (Å²) in [6, 6.07) is 17.1. The molecule has 29 heavy (non-hydrogen) atoms. The molecule has 1 N–H and O–H groups in total. The Kier molecular flexibility index (Phi) is 6.13. The lowest BCUT2D eigenvalue weighted by Crippen LogP contribution is -2.28. The van der Waals surface area contributed by atoms with Crippen LogP contribution in [0.5, 0.6) is 0 Å². The Bertz CT molecular complexity index is 1010. The van der Waals surface area contributed by atoms with Crippen LogP contribution in [0.4, 0.5) is 10.8 Å². The van der Waals surface area contributed by atoms with Gasteiger partial charge in [0.2, 0.25) is 16.9 Å². The van der Waals surface area contributed by atoms with Crippen molar-refractivity contribution in [2.75, 3.05) is 16.8 Å². The molecular weight excluding hydrogens is 428 g/mol. The maximum Gasteiger partial charge on any atom is 0.231 e. The van der Waals surface area contributed by atoms with E-state index in [1.165, 1.54) is 11.3 Å². The molecule has 1 aliphatic heterocycles. The van der Waals surface area contributed by atoms with Crippen molar-refractivity contribution in [1.82, 2.24) is 10.2 Å². The molecule has 1 aromatic heterocycles. The lowest BCUT2D eigenvalue weighted by atomic mass is 10.1. The second-order valence-electron chi connectivity index (χ2n) is 6.47. The van der Waals surface area contributed by atoms with E-state index < -0.39 is 5.92 Å². The van der Waals surface area contributed by atoms with Crippen LogP contribution in [0.1, 0.15) is 11.4 Å². The van der Waals surface area contributed by atoms with Gasteiger partial charge < -0.3 is 10.2 Å². The Balaban J connectivity index is 1.33. The molecule has 0 spiro atoms. The van der Waals surface area contributed by atoms with Crippen molar-refractivity contribution >= 4 is 57.3 Å². The molecule has 1 unspecified atom stereocenters. The zero-order chi connectivity index (χ0) is 20.2. The third-order valence-electron chi connectivity index (χ3n) is 4.44. The second-order valence-corrected chi connectivity index (χ2v) is 9.02. The van der Waals surface area contributed by atoms with Crippen LogP contribution in [0.15, 0.2) is 59.5 Å². The van der Waals surface area contributed by atoms with Gasteiger partial charge in [0.05, 0.1) is 11.7 Å². The van der Waals surface area contributed by atoms with Gasteiger partial charge in [-0.2, -0.15) is 0 Å². The van der Waals surface area contributed by atoms with E-state index in [0.717, 1.165) is 15.6 Å². The van der Waals surface area contributed by atoms with Gasteiger partial charge in [0.25, 0.3) is 0 Å². The third kappa shape index (κ3) is 4.95. The number of benzene rings is 2. The molecule has 1 saturated heterocycles. The normalized spacial score (nSPS) is 16.2. The largest absolute Gasteiger partial charge is 0.312 e. The van der Waals surface area contributed by atoms with Crippen molar-refractivity contribution in [2.24, 2.45) is 5.92 Å². The summed E-state index contributed by atoms with van der Waals surface area (Å²) in [5, 5.41) is 12.9. The lowest BCUT2D eigenvalue weighted by molar-refractivity contribution is -0.122. The highest BCUT2D eigenvalue weighted by Gasteiger charge is 2.35.